The molecule has 0 radical (unpaired) electrons. The first-order valence-electron chi connectivity index (χ1n) is 9.88. The minimum Gasteiger partial charge on any atom is -0.368 e. The SMILES string of the molecule is CC1CCN(C(=O)c2ccc(N3CCN(c4ccccc4)CC3)nn2)CC1. The molecule has 6 nitrogen and oxygen atoms in total. The Morgan fingerprint density at radius 2 is 1.52 bits per heavy atom. The van der Waals surface area contributed by atoms with Crippen LogP contribution in [0.4, 0.5) is 11.5 Å². The van der Waals surface area contributed by atoms with Crippen molar-refractivity contribution in [2.75, 3.05) is 49.1 Å². The summed E-state index contributed by atoms with van der Waals surface area (Å²) in [6.07, 6.45) is 2.14. The van der Waals surface area contributed by atoms with Crippen LogP contribution in [-0.4, -0.2) is 60.3 Å². The largest absolute Gasteiger partial charge is 0.368 e. The Morgan fingerprint density at radius 1 is 0.852 bits per heavy atom. The van der Waals surface area contributed by atoms with Gasteiger partial charge in [0, 0.05) is 45.0 Å². The van der Waals surface area contributed by atoms with E-state index in [-0.39, 0.29) is 5.91 Å². The molecule has 3 heterocycles. The molecule has 4 rings (SSSR count). The number of aromatic nitrogens is 2. The summed E-state index contributed by atoms with van der Waals surface area (Å²) in [6.45, 7) is 7.61. The Hall–Kier alpha value is -2.63. The van der Waals surface area contributed by atoms with Crippen molar-refractivity contribution >= 4 is 17.4 Å². The lowest BCUT2D eigenvalue weighted by Crippen LogP contribution is -2.47. The number of carbonyl (C=O) groups excluding carboxylic acids is 1. The third-order valence-electron chi connectivity index (χ3n) is 5.67. The van der Waals surface area contributed by atoms with E-state index in [1.54, 1.807) is 0 Å². The zero-order valence-corrected chi connectivity index (χ0v) is 15.9. The number of piperidine rings is 1. The fraction of sp³-hybridized carbons (Fsp3) is 0.476. The van der Waals surface area contributed by atoms with E-state index in [0.29, 0.717) is 11.6 Å². The number of benzene rings is 1. The molecule has 0 aliphatic carbocycles. The molecule has 0 N–H and O–H groups in total. The van der Waals surface area contributed by atoms with E-state index < -0.39 is 0 Å². The van der Waals surface area contributed by atoms with Gasteiger partial charge in [-0.3, -0.25) is 4.79 Å². The van der Waals surface area contributed by atoms with Gasteiger partial charge in [-0.05, 0) is 43.0 Å². The maximum absolute atomic E-state index is 12.6. The van der Waals surface area contributed by atoms with Crippen LogP contribution in [0.1, 0.15) is 30.3 Å². The lowest BCUT2D eigenvalue weighted by molar-refractivity contribution is 0.0690. The predicted octanol–water partition coefficient (Wildman–Crippen LogP) is 2.68. The molecule has 27 heavy (non-hydrogen) atoms. The molecule has 142 valence electrons. The summed E-state index contributed by atoms with van der Waals surface area (Å²) in [6, 6.07) is 14.3. The van der Waals surface area contributed by atoms with Crippen molar-refractivity contribution in [3.63, 3.8) is 0 Å². The third-order valence-corrected chi connectivity index (χ3v) is 5.67. The van der Waals surface area contributed by atoms with Gasteiger partial charge in [0.25, 0.3) is 5.91 Å². The number of anilines is 2. The monoisotopic (exact) mass is 365 g/mol. The predicted molar refractivity (Wildman–Crippen MR) is 107 cm³/mol. The van der Waals surface area contributed by atoms with Gasteiger partial charge in [-0.2, -0.15) is 0 Å². The van der Waals surface area contributed by atoms with Crippen molar-refractivity contribution in [1.29, 1.82) is 0 Å². The van der Waals surface area contributed by atoms with Gasteiger partial charge < -0.3 is 14.7 Å². The van der Waals surface area contributed by atoms with Crippen LogP contribution in [0.5, 0.6) is 0 Å². The van der Waals surface area contributed by atoms with E-state index in [1.807, 2.05) is 23.1 Å². The van der Waals surface area contributed by atoms with E-state index in [9.17, 15) is 4.79 Å². The van der Waals surface area contributed by atoms with Crippen LogP contribution in [0, 0.1) is 5.92 Å². The van der Waals surface area contributed by atoms with Crippen molar-refractivity contribution in [3.05, 3.63) is 48.2 Å². The lowest BCUT2D eigenvalue weighted by Gasteiger charge is -2.36. The van der Waals surface area contributed by atoms with Gasteiger partial charge in [0.1, 0.15) is 0 Å². The van der Waals surface area contributed by atoms with Crippen LogP contribution in [-0.2, 0) is 0 Å². The van der Waals surface area contributed by atoms with E-state index >= 15 is 0 Å². The highest BCUT2D eigenvalue weighted by atomic mass is 16.2. The van der Waals surface area contributed by atoms with Gasteiger partial charge in [-0.15, -0.1) is 10.2 Å². The first-order chi connectivity index (χ1) is 13.2. The summed E-state index contributed by atoms with van der Waals surface area (Å²) < 4.78 is 0. The topological polar surface area (TPSA) is 52.6 Å². The summed E-state index contributed by atoms with van der Waals surface area (Å²) in [4.78, 5) is 19.1. The number of nitrogens with zero attached hydrogens (tertiary/aromatic N) is 5. The van der Waals surface area contributed by atoms with Crippen molar-refractivity contribution in [1.82, 2.24) is 15.1 Å². The summed E-state index contributed by atoms with van der Waals surface area (Å²) >= 11 is 0. The fourth-order valence-corrected chi connectivity index (χ4v) is 3.81. The molecular weight excluding hydrogens is 338 g/mol. The highest BCUT2D eigenvalue weighted by Gasteiger charge is 2.23. The second-order valence-corrected chi connectivity index (χ2v) is 7.56. The van der Waals surface area contributed by atoms with Gasteiger partial charge in [-0.1, -0.05) is 25.1 Å². The van der Waals surface area contributed by atoms with Crippen LogP contribution < -0.4 is 9.80 Å². The van der Waals surface area contributed by atoms with E-state index in [2.05, 4.69) is 51.2 Å². The molecule has 0 bridgehead atoms. The first-order valence-corrected chi connectivity index (χ1v) is 9.88. The summed E-state index contributed by atoms with van der Waals surface area (Å²) in [5.41, 5.74) is 1.72. The maximum atomic E-state index is 12.6. The molecule has 1 amide bonds. The highest BCUT2D eigenvalue weighted by Crippen LogP contribution is 2.20. The minimum atomic E-state index is 0.00912. The Labute approximate surface area is 160 Å². The van der Waals surface area contributed by atoms with Crippen LogP contribution in [0.2, 0.25) is 0 Å². The first kappa shape index (κ1) is 17.8. The average Bonchev–Trinajstić information content (AvgIpc) is 2.75. The third kappa shape index (κ3) is 4.04. The van der Waals surface area contributed by atoms with Gasteiger partial charge >= 0.3 is 0 Å². The second-order valence-electron chi connectivity index (χ2n) is 7.56. The quantitative estimate of drug-likeness (QED) is 0.837. The van der Waals surface area contributed by atoms with Gasteiger partial charge in [0.2, 0.25) is 0 Å². The molecule has 0 atom stereocenters. The van der Waals surface area contributed by atoms with Crippen LogP contribution >= 0.6 is 0 Å². The number of para-hydroxylation sites is 1. The molecule has 0 spiro atoms. The van der Waals surface area contributed by atoms with Gasteiger partial charge in [-0.25, -0.2) is 0 Å². The Balaban J connectivity index is 1.35. The zero-order chi connectivity index (χ0) is 18.6. The van der Waals surface area contributed by atoms with Crippen molar-refractivity contribution in [2.24, 2.45) is 5.92 Å². The molecule has 2 aliphatic rings. The number of amides is 1. The smallest absolute Gasteiger partial charge is 0.274 e. The van der Waals surface area contributed by atoms with Gasteiger partial charge in [0.05, 0.1) is 0 Å². The second kappa shape index (κ2) is 7.94. The van der Waals surface area contributed by atoms with Crippen molar-refractivity contribution < 1.29 is 4.79 Å². The average molecular weight is 365 g/mol. The van der Waals surface area contributed by atoms with Crippen LogP contribution in [0.3, 0.4) is 0 Å². The van der Waals surface area contributed by atoms with Crippen LogP contribution in [0.25, 0.3) is 0 Å². The minimum absolute atomic E-state index is 0.00912. The van der Waals surface area contributed by atoms with E-state index in [4.69, 9.17) is 0 Å². The lowest BCUT2D eigenvalue weighted by atomic mass is 9.99. The van der Waals surface area contributed by atoms with E-state index in [0.717, 1.165) is 57.9 Å². The highest BCUT2D eigenvalue weighted by molar-refractivity contribution is 5.92. The molecule has 2 aromatic rings. The van der Waals surface area contributed by atoms with Crippen LogP contribution in [0.15, 0.2) is 42.5 Å². The maximum Gasteiger partial charge on any atom is 0.274 e. The number of carbonyl (C=O) groups is 1. The Kier molecular flexibility index (Phi) is 5.23. The Morgan fingerprint density at radius 3 is 2.15 bits per heavy atom. The zero-order valence-electron chi connectivity index (χ0n) is 15.9. The molecule has 0 unspecified atom stereocenters. The van der Waals surface area contributed by atoms with E-state index in [1.165, 1.54) is 5.69 Å². The normalized spacial score (nSPS) is 18.6. The molecular formula is C21H27N5O. The summed E-state index contributed by atoms with van der Waals surface area (Å²) in [5, 5.41) is 8.57. The number of hydrogen-bond donors (Lipinski definition) is 0. The summed E-state index contributed by atoms with van der Waals surface area (Å²) in [5.74, 6) is 1.57. The van der Waals surface area contributed by atoms with Gasteiger partial charge in [0.15, 0.2) is 11.5 Å². The van der Waals surface area contributed by atoms with Crippen molar-refractivity contribution in [2.45, 2.75) is 19.8 Å². The number of likely N-dealkylation sites (tertiary alicyclic amines) is 1. The standard InChI is InChI=1S/C21H27N5O/c1-17-9-11-26(12-10-17)21(27)19-7-8-20(23-22-19)25-15-13-24(14-16-25)18-5-3-2-4-6-18/h2-8,17H,9-16H2,1H3. The Bertz CT molecular complexity index is 748. The molecule has 1 aromatic heterocycles. The molecule has 2 fully saturated rings. The molecule has 1 aromatic carbocycles. The fourth-order valence-electron chi connectivity index (χ4n) is 3.81. The number of rotatable bonds is 3. The molecule has 6 heteroatoms. The van der Waals surface area contributed by atoms with Crippen molar-refractivity contribution in [3.8, 4) is 0 Å². The summed E-state index contributed by atoms with van der Waals surface area (Å²) in [7, 11) is 0. The molecule has 2 aliphatic heterocycles. The number of piperazine rings is 1. The molecule has 2 saturated heterocycles. The number of hydrogen-bond acceptors (Lipinski definition) is 5. The molecule has 0 saturated carbocycles.